The number of hydrogen-bond donors (Lipinski definition) is 1. The first-order valence-corrected chi connectivity index (χ1v) is 9.97. The van der Waals surface area contributed by atoms with Crippen LogP contribution in [0, 0.1) is 6.92 Å². The number of nitrogens with zero attached hydrogens (tertiary/aromatic N) is 2. The average molecular weight is 393 g/mol. The van der Waals surface area contributed by atoms with E-state index in [0.717, 1.165) is 24.0 Å². The first kappa shape index (κ1) is 20.6. The van der Waals surface area contributed by atoms with E-state index in [1.165, 1.54) is 10.5 Å². The Hall–Kier alpha value is -3.15. The Balaban J connectivity index is 1.41. The Bertz CT molecular complexity index is 849. The van der Waals surface area contributed by atoms with Gasteiger partial charge in [-0.3, -0.25) is 14.4 Å². The van der Waals surface area contributed by atoms with Crippen LogP contribution >= 0.6 is 0 Å². The summed E-state index contributed by atoms with van der Waals surface area (Å²) in [6.07, 6.45) is 1.71. The maximum Gasteiger partial charge on any atom is 0.312 e. The normalized spacial score (nSPS) is 14.2. The molecule has 0 aliphatic carbocycles. The highest BCUT2D eigenvalue weighted by Crippen LogP contribution is 2.11. The lowest BCUT2D eigenvalue weighted by atomic mass is 10.1. The largest absolute Gasteiger partial charge is 0.355 e. The van der Waals surface area contributed by atoms with Crippen molar-refractivity contribution in [1.82, 2.24) is 15.1 Å². The molecule has 1 aliphatic heterocycles. The molecule has 0 unspecified atom stereocenters. The van der Waals surface area contributed by atoms with E-state index in [1.54, 1.807) is 4.90 Å². The molecule has 6 heteroatoms. The molecule has 1 N–H and O–H groups in total. The van der Waals surface area contributed by atoms with Crippen molar-refractivity contribution in [3.8, 4) is 0 Å². The summed E-state index contributed by atoms with van der Waals surface area (Å²) in [6.45, 7) is 3.68. The fourth-order valence-electron chi connectivity index (χ4n) is 3.32. The van der Waals surface area contributed by atoms with Gasteiger partial charge in [0.2, 0.25) is 5.91 Å². The van der Waals surface area contributed by atoms with Crippen LogP contribution in [0.3, 0.4) is 0 Å². The van der Waals surface area contributed by atoms with Crippen LogP contribution in [0.5, 0.6) is 0 Å². The Morgan fingerprint density at radius 2 is 1.55 bits per heavy atom. The van der Waals surface area contributed by atoms with Crippen molar-refractivity contribution in [3.05, 3.63) is 71.3 Å². The highest BCUT2D eigenvalue weighted by molar-refractivity contribution is 6.35. The molecule has 1 heterocycles. The number of carbonyl (C=O) groups excluding carboxylic acids is 3. The zero-order chi connectivity index (χ0) is 20.6. The molecule has 0 spiro atoms. The van der Waals surface area contributed by atoms with E-state index in [1.807, 2.05) is 49.4 Å². The van der Waals surface area contributed by atoms with Crippen LogP contribution < -0.4 is 5.32 Å². The highest BCUT2D eigenvalue weighted by atomic mass is 16.2. The number of aryl methyl sites for hydroxylation is 2. The van der Waals surface area contributed by atoms with E-state index in [4.69, 9.17) is 0 Å². The van der Waals surface area contributed by atoms with Crippen molar-refractivity contribution in [3.63, 3.8) is 0 Å². The van der Waals surface area contributed by atoms with Crippen LogP contribution in [0.15, 0.2) is 54.6 Å². The average Bonchev–Trinajstić information content (AvgIpc) is 2.73. The third-order valence-corrected chi connectivity index (χ3v) is 5.03. The number of amides is 3. The zero-order valence-corrected chi connectivity index (χ0v) is 16.8. The molecular weight excluding hydrogens is 366 g/mol. The van der Waals surface area contributed by atoms with Gasteiger partial charge in [0.25, 0.3) is 0 Å². The Labute approximate surface area is 171 Å². The summed E-state index contributed by atoms with van der Waals surface area (Å²) in [4.78, 5) is 39.8. The predicted molar refractivity (Wildman–Crippen MR) is 111 cm³/mol. The maximum absolute atomic E-state index is 12.4. The minimum Gasteiger partial charge on any atom is -0.355 e. The topological polar surface area (TPSA) is 69.7 Å². The molecule has 2 aromatic carbocycles. The molecule has 0 bridgehead atoms. The van der Waals surface area contributed by atoms with Gasteiger partial charge >= 0.3 is 11.8 Å². The molecule has 0 saturated carbocycles. The lowest BCUT2D eigenvalue weighted by Gasteiger charge is -2.33. The molecule has 1 saturated heterocycles. The quantitative estimate of drug-likeness (QED) is 0.550. The molecule has 3 amide bonds. The molecule has 0 atom stereocenters. The Kier molecular flexibility index (Phi) is 7.00. The number of benzene rings is 2. The molecule has 0 radical (unpaired) electrons. The van der Waals surface area contributed by atoms with Crippen LogP contribution in [-0.4, -0.2) is 53.7 Å². The van der Waals surface area contributed by atoms with Crippen LogP contribution in [0.1, 0.15) is 23.1 Å². The SMILES string of the molecule is Cc1ccc(CN2CCN(CC(=O)NCCCc3ccccc3)C(=O)C2=O)cc1. The summed E-state index contributed by atoms with van der Waals surface area (Å²) in [5, 5.41) is 2.83. The van der Waals surface area contributed by atoms with Gasteiger partial charge in [-0.15, -0.1) is 0 Å². The van der Waals surface area contributed by atoms with Crippen molar-refractivity contribution in [2.45, 2.75) is 26.3 Å². The fourth-order valence-corrected chi connectivity index (χ4v) is 3.32. The van der Waals surface area contributed by atoms with E-state index < -0.39 is 11.8 Å². The van der Waals surface area contributed by atoms with Crippen molar-refractivity contribution in [2.24, 2.45) is 0 Å². The van der Waals surface area contributed by atoms with Gasteiger partial charge in [-0.2, -0.15) is 0 Å². The Morgan fingerprint density at radius 1 is 0.897 bits per heavy atom. The first-order chi connectivity index (χ1) is 14.0. The van der Waals surface area contributed by atoms with Crippen molar-refractivity contribution < 1.29 is 14.4 Å². The summed E-state index contributed by atoms with van der Waals surface area (Å²) < 4.78 is 0. The monoisotopic (exact) mass is 393 g/mol. The van der Waals surface area contributed by atoms with E-state index in [-0.39, 0.29) is 12.5 Å². The molecule has 152 valence electrons. The van der Waals surface area contributed by atoms with Crippen molar-refractivity contribution in [2.75, 3.05) is 26.2 Å². The second-order valence-corrected chi connectivity index (χ2v) is 7.38. The van der Waals surface area contributed by atoms with Gasteiger partial charge in [0.05, 0.1) is 0 Å². The van der Waals surface area contributed by atoms with Gasteiger partial charge in [-0.25, -0.2) is 0 Å². The molecule has 1 fully saturated rings. The van der Waals surface area contributed by atoms with Gasteiger partial charge in [0.1, 0.15) is 6.54 Å². The Morgan fingerprint density at radius 3 is 2.28 bits per heavy atom. The fraction of sp³-hybridized carbons (Fsp3) is 0.348. The van der Waals surface area contributed by atoms with Crippen LogP contribution in [0.25, 0.3) is 0 Å². The second-order valence-electron chi connectivity index (χ2n) is 7.38. The van der Waals surface area contributed by atoms with Crippen molar-refractivity contribution in [1.29, 1.82) is 0 Å². The number of rotatable bonds is 8. The summed E-state index contributed by atoms with van der Waals surface area (Å²) in [5.74, 6) is -1.39. The van der Waals surface area contributed by atoms with Crippen LogP contribution in [0.2, 0.25) is 0 Å². The number of nitrogens with one attached hydrogen (secondary N) is 1. The minimum atomic E-state index is -0.609. The van der Waals surface area contributed by atoms with Crippen LogP contribution in [-0.2, 0) is 27.3 Å². The lowest BCUT2D eigenvalue weighted by molar-refractivity contribution is -0.157. The van der Waals surface area contributed by atoms with E-state index in [9.17, 15) is 14.4 Å². The molecule has 3 rings (SSSR count). The molecule has 6 nitrogen and oxygen atoms in total. The standard InChI is InChI=1S/C23H27N3O3/c1-18-9-11-20(12-10-18)16-25-14-15-26(23(29)22(25)28)17-21(27)24-13-5-8-19-6-3-2-4-7-19/h2-4,6-7,9-12H,5,8,13-17H2,1H3,(H,24,27). The van der Waals surface area contributed by atoms with Gasteiger partial charge in [-0.1, -0.05) is 60.2 Å². The van der Waals surface area contributed by atoms with Gasteiger partial charge in [0.15, 0.2) is 0 Å². The lowest BCUT2D eigenvalue weighted by Crippen LogP contribution is -2.56. The number of carbonyl (C=O) groups is 3. The van der Waals surface area contributed by atoms with E-state index in [0.29, 0.717) is 26.2 Å². The highest BCUT2D eigenvalue weighted by Gasteiger charge is 2.33. The van der Waals surface area contributed by atoms with E-state index >= 15 is 0 Å². The molecule has 0 aromatic heterocycles. The number of hydrogen-bond acceptors (Lipinski definition) is 3. The molecular formula is C23H27N3O3. The zero-order valence-electron chi connectivity index (χ0n) is 16.8. The van der Waals surface area contributed by atoms with E-state index in [2.05, 4.69) is 17.4 Å². The first-order valence-electron chi connectivity index (χ1n) is 9.97. The minimum absolute atomic E-state index is 0.0751. The molecule has 2 aromatic rings. The number of piperazine rings is 1. The second kappa shape index (κ2) is 9.87. The summed E-state index contributed by atoms with van der Waals surface area (Å²) >= 11 is 0. The molecule has 29 heavy (non-hydrogen) atoms. The summed E-state index contributed by atoms with van der Waals surface area (Å²) in [7, 11) is 0. The third-order valence-electron chi connectivity index (χ3n) is 5.03. The summed E-state index contributed by atoms with van der Waals surface area (Å²) in [6, 6.07) is 18.0. The van der Waals surface area contributed by atoms with Gasteiger partial charge < -0.3 is 15.1 Å². The maximum atomic E-state index is 12.4. The smallest absolute Gasteiger partial charge is 0.312 e. The van der Waals surface area contributed by atoms with Gasteiger partial charge in [-0.05, 0) is 30.9 Å². The third kappa shape index (κ3) is 5.91. The van der Waals surface area contributed by atoms with Crippen molar-refractivity contribution >= 4 is 17.7 Å². The summed E-state index contributed by atoms with van der Waals surface area (Å²) in [5.41, 5.74) is 3.37. The predicted octanol–water partition coefficient (Wildman–Crippen LogP) is 1.91. The molecule has 1 aliphatic rings. The van der Waals surface area contributed by atoms with Crippen LogP contribution in [0.4, 0.5) is 0 Å². The van der Waals surface area contributed by atoms with Gasteiger partial charge in [0, 0.05) is 26.2 Å².